The molecule has 0 aliphatic carbocycles. The normalized spacial score (nSPS) is 13.9. The van der Waals surface area contributed by atoms with Gasteiger partial charge in [-0.2, -0.15) is 0 Å². The van der Waals surface area contributed by atoms with Crippen LogP contribution in [0.25, 0.3) is 23.0 Å². The van der Waals surface area contributed by atoms with Gasteiger partial charge in [-0.25, -0.2) is 4.98 Å². The topological polar surface area (TPSA) is 80.0 Å². The zero-order valence-corrected chi connectivity index (χ0v) is 15.3. The third-order valence-electron chi connectivity index (χ3n) is 4.63. The smallest absolute Gasteiger partial charge is 0.299 e. The van der Waals surface area contributed by atoms with E-state index in [1.165, 1.54) is 0 Å². The first-order valence-electron chi connectivity index (χ1n) is 9.12. The molecule has 1 aliphatic rings. The molecule has 0 spiro atoms. The number of hydrogen-bond donors (Lipinski definition) is 2. The molecule has 1 aliphatic heterocycles. The van der Waals surface area contributed by atoms with E-state index in [1.807, 2.05) is 66.7 Å². The highest BCUT2D eigenvalue weighted by Crippen LogP contribution is 2.36. The molecule has 0 fully saturated rings. The average molecular weight is 380 g/mol. The summed E-state index contributed by atoms with van der Waals surface area (Å²) < 4.78 is 5.81. The Morgan fingerprint density at radius 2 is 1.83 bits per heavy atom. The molecule has 0 atom stereocenters. The molecule has 0 radical (unpaired) electrons. The van der Waals surface area contributed by atoms with Crippen LogP contribution in [-0.2, 0) is 4.79 Å². The van der Waals surface area contributed by atoms with Crippen molar-refractivity contribution in [2.75, 3.05) is 10.6 Å². The number of carbonyl (C=O) groups is 1. The van der Waals surface area contributed by atoms with Crippen molar-refractivity contribution in [2.24, 2.45) is 0 Å². The Kier molecular flexibility index (Phi) is 4.14. The van der Waals surface area contributed by atoms with E-state index in [2.05, 4.69) is 20.6 Å². The van der Waals surface area contributed by atoms with Gasteiger partial charge in [-0.1, -0.05) is 30.3 Å². The van der Waals surface area contributed by atoms with Crippen LogP contribution in [-0.4, -0.2) is 15.9 Å². The third kappa shape index (κ3) is 3.39. The molecule has 5 rings (SSSR count). The molecular weight excluding hydrogens is 364 g/mol. The molecule has 2 aromatic carbocycles. The van der Waals surface area contributed by atoms with Crippen LogP contribution >= 0.6 is 0 Å². The van der Waals surface area contributed by atoms with Crippen LogP contribution in [0.2, 0.25) is 0 Å². The predicted molar refractivity (Wildman–Crippen MR) is 112 cm³/mol. The summed E-state index contributed by atoms with van der Waals surface area (Å²) in [4.78, 5) is 20.7. The van der Waals surface area contributed by atoms with Crippen LogP contribution in [0, 0.1) is 0 Å². The number of nitrogens with one attached hydrogen (secondary N) is 2. The molecule has 2 N–H and O–H groups in total. The first-order valence-corrected chi connectivity index (χ1v) is 9.12. The van der Waals surface area contributed by atoms with Crippen LogP contribution in [0.1, 0.15) is 11.1 Å². The van der Waals surface area contributed by atoms with E-state index in [1.54, 1.807) is 18.6 Å². The van der Waals surface area contributed by atoms with E-state index in [4.69, 9.17) is 4.42 Å². The summed E-state index contributed by atoms with van der Waals surface area (Å²) in [6.45, 7) is 0. The average Bonchev–Trinajstić information content (AvgIpc) is 3.34. The summed E-state index contributed by atoms with van der Waals surface area (Å²) >= 11 is 0. The van der Waals surface area contributed by atoms with Crippen LogP contribution < -0.4 is 10.6 Å². The van der Waals surface area contributed by atoms with E-state index >= 15 is 0 Å². The number of rotatable bonds is 4. The maximum atomic E-state index is 12.4. The van der Waals surface area contributed by atoms with Gasteiger partial charge in [0.15, 0.2) is 5.76 Å². The first kappa shape index (κ1) is 16.9. The van der Waals surface area contributed by atoms with Crippen molar-refractivity contribution in [1.29, 1.82) is 0 Å². The van der Waals surface area contributed by atoms with Crippen LogP contribution in [0.15, 0.2) is 83.7 Å². The number of aromatic nitrogens is 2. The van der Waals surface area contributed by atoms with Crippen LogP contribution in [0.3, 0.4) is 0 Å². The van der Waals surface area contributed by atoms with Gasteiger partial charge < -0.3 is 15.1 Å². The Balaban J connectivity index is 1.44. The fourth-order valence-corrected chi connectivity index (χ4v) is 3.23. The highest BCUT2D eigenvalue weighted by Gasteiger charge is 2.24. The lowest BCUT2D eigenvalue weighted by Gasteiger charge is -2.05. The Morgan fingerprint density at radius 1 is 1.00 bits per heavy atom. The maximum absolute atomic E-state index is 12.4. The predicted octanol–water partition coefficient (Wildman–Crippen LogP) is 4.97. The molecule has 6 nitrogen and oxygen atoms in total. The zero-order chi connectivity index (χ0) is 19.6. The summed E-state index contributed by atoms with van der Waals surface area (Å²) in [7, 11) is 0. The van der Waals surface area contributed by atoms with Gasteiger partial charge in [0.05, 0.1) is 6.20 Å². The second kappa shape index (κ2) is 7.09. The molecule has 1 amide bonds. The fourth-order valence-electron chi connectivity index (χ4n) is 3.23. The minimum absolute atomic E-state index is 0.128. The second-order valence-corrected chi connectivity index (χ2v) is 6.57. The van der Waals surface area contributed by atoms with E-state index in [9.17, 15) is 4.79 Å². The van der Waals surface area contributed by atoms with E-state index in [0.29, 0.717) is 17.3 Å². The largest absolute Gasteiger partial charge is 0.423 e. The SMILES string of the molecule is O=C1Nc2ccc(Nc3ncc(-c4ccccc4)o3)cc2/C1=C/c1ccncc1. The fraction of sp³-hybridized carbons (Fsp3) is 0. The van der Waals surface area contributed by atoms with Gasteiger partial charge >= 0.3 is 0 Å². The van der Waals surface area contributed by atoms with Crippen molar-refractivity contribution in [3.05, 3.63) is 90.4 Å². The number of pyridine rings is 1. The minimum Gasteiger partial charge on any atom is -0.423 e. The molecule has 0 unspecified atom stereocenters. The summed E-state index contributed by atoms with van der Waals surface area (Å²) in [5, 5.41) is 6.06. The van der Waals surface area contributed by atoms with Crippen molar-refractivity contribution >= 4 is 34.9 Å². The van der Waals surface area contributed by atoms with Crippen molar-refractivity contribution in [3.8, 4) is 11.3 Å². The molecule has 0 saturated heterocycles. The van der Waals surface area contributed by atoms with Crippen LogP contribution in [0.4, 0.5) is 17.4 Å². The lowest BCUT2D eigenvalue weighted by Crippen LogP contribution is -2.03. The molecule has 2 aromatic heterocycles. The molecular formula is C23H16N4O2. The number of benzene rings is 2. The zero-order valence-electron chi connectivity index (χ0n) is 15.3. The monoisotopic (exact) mass is 380 g/mol. The quantitative estimate of drug-likeness (QED) is 0.489. The lowest BCUT2D eigenvalue weighted by molar-refractivity contribution is -0.110. The molecule has 140 valence electrons. The maximum Gasteiger partial charge on any atom is 0.299 e. The van der Waals surface area contributed by atoms with Gasteiger partial charge in [-0.3, -0.25) is 9.78 Å². The lowest BCUT2D eigenvalue weighted by atomic mass is 10.0. The number of nitrogens with zero attached hydrogens (tertiary/aromatic N) is 2. The van der Waals surface area contributed by atoms with Crippen molar-refractivity contribution < 1.29 is 9.21 Å². The van der Waals surface area contributed by atoms with E-state index in [0.717, 1.165) is 28.1 Å². The number of anilines is 3. The molecule has 6 heteroatoms. The standard InChI is InChI=1S/C23H16N4O2/c28-22-19(12-15-8-10-24-11-9-15)18-13-17(6-7-20(18)27-22)26-23-25-14-21(29-23)16-4-2-1-3-5-16/h1-14H,(H,25,26)(H,27,28)/b19-12-. The number of oxazole rings is 1. The third-order valence-corrected chi connectivity index (χ3v) is 4.63. The molecule has 29 heavy (non-hydrogen) atoms. The Labute approximate surface area is 166 Å². The second-order valence-electron chi connectivity index (χ2n) is 6.57. The molecule has 0 bridgehead atoms. The minimum atomic E-state index is -0.128. The van der Waals surface area contributed by atoms with Gasteiger partial charge in [-0.15, -0.1) is 0 Å². The van der Waals surface area contributed by atoms with Crippen LogP contribution in [0.5, 0.6) is 0 Å². The molecule has 4 aromatic rings. The van der Waals surface area contributed by atoms with E-state index < -0.39 is 0 Å². The Bertz CT molecular complexity index is 1210. The van der Waals surface area contributed by atoms with Gasteiger partial charge in [0.2, 0.25) is 0 Å². The molecule has 3 heterocycles. The number of hydrogen-bond acceptors (Lipinski definition) is 5. The van der Waals surface area contributed by atoms with Gasteiger partial charge in [0.25, 0.3) is 11.9 Å². The van der Waals surface area contributed by atoms with Crippen molar-refractivity contribution in [1.82, 2.24) is 9.97 Å². The highest BCUT2D eigenvalue weighted by atomic mass is 16.4. The summed E-state index contributed by atoms with van der Waals surface area (Å²) in [6.07, 6.45) is 6.94. The summed E-state index contributed by atoms with van der Waals surface area (Å²) in [6, 6.07) is 19.5. The number of fused-ring (bicyclic) bond motifs is 1. The number of carbonyl (C=O) groups excluding carboxylic acids is 1. The van der Waals surface area contributed by atoms with Gasteiger partial charge in [0, 0.05) is 40.5 Å². The van der Waals surface area contributed by atoms with Gasteiger partial charge in [0.1, 0.15) is 0 Å². The number of amides is 1. The van der Waals surface area contributed by atoms with Crippen molar-refractivity contribution in [3.63, 3.8) is 0 Å². The highest BCUT2D eigenvalue weighted by molar-refractivity contribution is 6.35. The Hall–Kier alpha value is -4.19. The summed E-state index contributed by atoms with van der Waals surface area (Å²) in [5.41, 5.74) is 4.86. The van der Waals surface area contributed by atoms with E-state index in [-0.39, 0.29) is 5.91 Å². The summed E-state index contributed by atoms with van der Waals surface area (Å²) in [5.74, 6) is 0.556. The Morgan fingerprint density at radius 3 is 2.66 bits per heavy atom. The first-order chi connectivity index (χ1) is 14.3. The van der Waals surface area contributed by atoms with Gasteiger partial charge in [-0.05, 0) is 42.0 Å². The van der Waals surface area contributed by atoms with Crippen molar-refractivity contribution in [2.45, 2.75) is 0 Å². The molecule has 0 saturated carbocycles.